The van der Waals surface area contributed by atoms with Crippen LogP contribution in [0.3, 0.4) is 0 Å². The standard InChI is InChI=1S/2C25H30N2O4S2/c2*1-25(2,28)20-9-11-21(12-10-20)27-14-13-26(33(29,30)24-8-5-15-32-24)18-22(27)16-19-6-4-7-23(17-19)31-3/h2*4-12,15,17,22,28H,13-14,16,18H2,1-3H3/t2*22-/m10/s1. The fourth-order valence-electron chi connectivity index (χ4n) is 8.46. The highest BCUT2D eigenvalue weighted by molar-refractivity contribution is 7.91. The van der Waals surface area contributed by atoms with Gasteiger partial charge in [-0.3, -0.25) is 0 Å². The van der Waals surface area contributed by atoms with Crippen LogP contribution < -0.4 is 19.3 Å². The molecule has 0 saturated carbocycles. The molecule has 4 heterocycles. The number of thiophene rings is 2. The highest BCUT2D eigenvalue weighted by atomic mass is 32.3. The van der Waals surface area contributed by atoms with Crippen molar-refractivity contribution < 1.29 is 36.5 Å². The molecule has 2 atom stereocenters. The number of piperazine rings is 2. The van der Waals surface area contributed by atoms with E-state index in [-0.39, 0.29) is 12.1 Å². The molecule has 2 aliphatic rings. The van der Waals surface area contributed by atoms with Crippen molar-refractivity contribution in [2.75, 3.05) is 63.3 Å². The van der Waals surface area contributed by atoms with Crippen molar-refractivity contribution in [2.24, 2.45) is 0 Å². The van der Waals surface area contributed by atoms with Gasteiger partial charge in [0.15, 0.2) is 0 Å². The van der Waals surface area contributed by atoms with Crippen molar-refractivity contribution in [3.8, 4) is 11.5 Å². The Kier molecular flexibility index (Phi) is 15.3. The van der Waals surface area contributed by atoms with Gasteiger partial charge in [0, 0.05) is 62.7 Å². The molecule has 352 valence electrons. The van der Waals surface area contributed by atoms with Gasteiger partial charge in [0.2, 0.25) is 0 Å². The lowest BCUT2D eigenvalue weighted by Gasteiger charge is -2.42. The monoisotopic (exact) mass is 972 g/mol. The van der Waals surface area contributed by atoms with E-state index in [9.17, 15) is 27.0 Å². The number of sulfonamides is 2. The highest BCUT2D eigenvalue weighted by Crippen LogP contribution is 2.33. The van der Waals surface area contributed by atoms with E-state index in [1.807, 2.05) is 97.1 Å². The summed E-state index contributed by atoms with van der Waals surface area (Å²) in [6.07, 6.45) is 1.36. The molecule has 8 rings (SSSR count). The topological polar surface area (TPSA) is 140 Å². The Morgan fingerprint density at radius 2 is 0.924 bits per heavy atom. The van der Waals surface area contributed by atoms with E-state index in [0.29, 0.717) is 60.5 Å². The Labute approximate surface area is 398 Å². The molecule has 66 heavy (non-hydrogen) atoms. The Morgan fingerprint density at radius 3 is 1.24 bits per heavy atom. The van der Waals surface area contributed by atoms with Crippen LogP contribution in [0.15, 0.2) is 141 Å². The molecular formula is C50H60N4O8S4. The average molecular weight is 973 g/mol. The minimum Gasteiger partial charge on any atom is -0.497 e. The third-order valence-corrected chi connectivity index (χ3v) is 18.6. The van der Waals surface area contributed by atoms with Gasteiger partial charge in [-0.25, -0.2) is 16.8 Å². The molecule has 2 N–H and O–H groups in total. The van der Waals surface area contributed by atoms with Crippen LogP contribution >= 0.6 is 22.7 Å². The highest BCUT2D eigenvalue weighted by Gasteiger charge is 2.37. The fraction of sp³-hybridized carbons (Fsp3) is 0.360. The van der Waals surface area contributed by atoms with Gasteiger partial charge in [-0.15, -0.1) is 22.7 Å². The maximum absolute atomic E-state index is 13.2. The summed E-state index contributed by atoms with van der Waals surface area (Å²) in [5.74, 6) is 1.57. The molecule has 0 radical (unpaired) electrons. The number of ether oxygens (including phenoxy) is 2. The molecule has 16 heteroatoms. The number of hydrogen-bond donors (Lipinski definition) is 2. The Hall–Kier alpha value is -4.78. The zero-order valence-corrected chi connectivity index (χ0v) is 41.5. The number of aliphatic hydroxyl groups is 2. The Bertz CT molecular complexity index is 2530. The predicted molar refractivity (Wildman–Crippen MR) is 265 cm³/mol. The van der Waals surface area contributed by atoms with E-state index in [2.05, 4.69) is 9.80 Å². The first kappa shape index (κ1) is 49.1. The van der Waals surface area contributed by atoms with Crippen molar-refractivity contribution >= 4 is 54.1 Å². The van der Waals surface area contributed by atoms with Crippen LogP contribution in [0.1, 0.15) is 49.9 Å². The molecule has 12 nitrogen and oxygen atoms in total. The zero-order valence-electron chi connectivity index (χ0n) is 38.3. The van der Waals surface area contributed by atoms with E-state index in [4.69, 9.17) is 9.47 Å². The van der Waals surface area contributed by atoms with Crippen LogP contribution in [0.4, 0.5) is 11.4 Å². The maximum atomic E-state index is 13.2. The van der Waals surface area contributed by atoms with Gasteiger partial charge in [-0.2, -0.15) is 8.61 Å². The van der Waals surface area contributed by atoms with Crippen LogP contribution in [0, 0.1) is 0 Å². The minimum atomic E-state index is -3.52. The second kappa shape index (κ2) is 20.6. The molecular weight excluding hydrogens is 913 g/mol. The summed E-state index contributed by atoms with van der Waals surface area (Å²) in [7, 11) is -3.75. The van der Waals surface area contributed by atoms with E-state index >= 15 is 0 Å². The second-order valence-electron chi connectivity index (χ2n) is 17.6. The smallest absolute Gasteiger partial charge is 0.252 e. The van der Waals surface area contributed by atoms with E-state index in [1.165, 1.54) is 22.7 Å². The molecule has 2 aliphatic heterocycles. The quantitative estimate of drug-likeness (QED) is 0.110. The average Bonchev–Trinajstić information content (AvgIpc) is 4.07. The van der Waals surface area contributed by atoms with Gasteiger partial charge in [0.1, 0.15) is 19.9 Å². The number of rotatable bonds is 14. The number of benzene rings is 4. The van der Waals surface area contributed by atoms with Gasteiger partial charge in [-0.1, -0.05) is 60.7 Å². The third-order valence-electron chi connectivity index (χ3n) is 12.1. The van der Waals surface area contributed by atoms with Crippen LogP contribution in [-0.4, -0.2) is 101 Å². The fourth-order valence-corrected chi connectivity index (χ4v) is 13.7. The minimum absolute atomic E-state index is 0.0476. The summed E-state index contributed by atoms with van der Waals surface area (Å²) in [5, 5.41) is 24.2. The SMILES string of the molecule is COc1cccc(C[C@@H]2CN(S(=O)(=O)c3cccs3)CCN2c2ccc(C(C)(C)O)cc2)c1.COc1cccc(C[C@H]2CN(S(=O)(=O)c3cccs3)CCN2c2ccc(C(C)(C)O)cc2)c1. The Morgan fingerprint density at radius 1 is 0.545 bits per heavy atom. The molecule has 6 aromatic rings. The molecule has 0 spiro atoms. The summed E-state index contributed by atoms with van der Waals surface area (Å²) < 4.78 is 67.6. The van der Waals surface area contributed by atoms with Gasteiger partial charge >= 0.3 is 0 Å². The molecule has 4 aromatic carbocycles. The predicted octanol–water partition coefficient (Wildman–Crippen LogP) is 8.21. The summed E-state index contributed by atoms with van der Waals surface area (Å²) in [4.78, 5) is 4.54. The number of hydrogen-bond acceptors (Lipinski definition) is 12. The van der Waals surface area contributed by atoms with E-state index in [1.54, 1.807) is 85.6 Å². The molecule has 2 fully saturated rings. The second-order valence-corrected chi connectivity index (χ2v) is 23.8. The lowest BCUT2D eigenvalue weighted by Crippen LogP contribution is -2.55. The lowest BCUT2D eigenvalue weighted by atomic mass is 9.97. The number of nitrogens with zero attached hydrogens (tertiary/aromatic N) is 4. The molecule has 0 bridgehead atoms. The van der Waals surface area contributed by atoms with Gasteiger partial charge in [0.05, 0.1) is 25.4 Å². The zero-order chi connectivity index (χ0) is 47.3. The first-order valence-corrected chi connectivity index (χ1v) is 26.5. The van der Waals surface area contributed by atoms with Crippen LogP contribution in [0.5, 0.6) is 11.5 Å². The van der Waals surface area contributed by atoms with Crippen molar-refractivity contribution in [2.45, 2.75) is 72.2 Å². The maximum Gasteiger partial charge on any atom is 0.252 e. The number of anilines is 2. The molecule has 0 aliphatic carbocycles. The van der Waals surface area contributed by atoms with Gasteiger partial charge < -0.3 is 29.5 Å². The number of methoxy groups -OCH3 is 2. The lowest BCUT2D eigenvalue weighted by molar-refractivity contribution is 0.0780. The van der Waals surface area contributed by atoms with Crippen LogP contribution in [0.25, 0.3) is 0 Å². The molecule has 2 saturated heterocycles. The van der Waals surface area contributed by atoms with Gasteiger partial charge in [0.25, 0.3) is 20.0 Å². The van der Waals surface area contributed by atoms with E-state index < -0.39 is 31.2 Å². The first-order chi connectivity index (χ1) is 31.4. The van der Waals surface area contributed by atoms with Crippen molar-refractivity contribution in [3.63, 3.8) is 0 Å². The first-order valence-electron chi connectivity index (χ1n) is 21.9. The van der Waals surface area contributed by atoms with Crippen molar-refractivity contribution in [1.82, 2.24) is 8.61 Å². The largest absolute Gasteiger partial charge is 0.497 e. The van der Waals surface area contributed by atoms with Crippen molar-refractivity contribution in [1.29, 1.82) is 0 Å². The van der Waals surface area contributed by atoms with Crippen LogP contribution in [-0.2, 0) is 44.1 Å². The molecule has 2 aromatic heterocycles. The molecule has 0 unspecified atom stereocenters. The van der Waals surface area contributed by atoms with Crippen LogP contribution in [0.2, 0.25) is 0 Å². The summed E-state index contributed by atoms with van der Waals surface area (Å²) in [6.45, 7) is 9.86. The van der Waals surface area contributed by atoms with Gasteiger partial charge in [-0.05, 0) is 134 Å². The summed E-state index contributed by atoms with van der Waals surface area (Å²) >= 11 is 2.50. The normalized spacial score (nSPS) is 17.8. The molecule has 0 amide bonds. The Balaban J connectivity index is 0.000000196. The van der Waals surface area contributed by atoms with E-state index in [0.717, 1.165) is 45.1 Å². The summed E-state index contributed by atoms with van der Waals surface area (Å²) in [5.41, 5.74) is 4.08. The third kappa shape index (κ3) is 11.7. The van der Waals surface area contributed by atoms with Crippen molar-refractivity contribution in [3.05, 3.63) is 154 Å². The summed E-state index contributed by atoms with van der Waals surface area (Å²) in [6, 6.07) is 38.4.